The highest BCUT2D eigenvalue weighted by molar-refractivity contribution is 5.84. The summed E-state index contributed by atoms with van der Waals surface area (Å²) < 4.78 is 0. The first-order valence-electron chi connectivity index (χ1n) is 5.94. The van der Waals surface area contributed by atoms with E-state index in [0.717, 1.165) is 17.7 Å². The summed E-state index contributed by atoms with van der Waals surface area (Å²) in [5.74, 6) is -0.756. The van der Waals surface area contributed by atoms with Crippen molar-refractivity contribution < 1.29 is 9.90 Å². The Kier molecular flexibility index (Phi) is 2.40. The minimum absolute atomic E-state index is 0.681. The summed E-state index contributed by atoms with van der Waals surface area (Å²) >= 11 is 0. The van der Waals surface area contributed by atoms with E-state index >= 15 is 0 Å². The average Bonchev–Trinajstić information content (AvgIpc) is 2.81. The van der Waals surface area contributed by atoms with Crippen LogP contribution in [0.1, 0.15) is 24.8 Å². The van der Waals surface area contributed by atoms with E-state index in [1.807, 2.05) is 24.3 Å². The predicted molar refractivity (Wildman–Crippen MR) is 64.5 cm³/mol. The molecule has 1 fully saturated rings. The van der Waals surface area contributed by atoms with Crippen LogP contribution >= 0.6 is 0 Å². The summed E-state index contributed by atoms with van der Waals surface area (Å²) in [6, 6.07) is 7.46. The fourth-order valence-electron chi connectivity index (χ4n) is 2.52. The monoisotopic (exact) mass is 243 g/mol. The van der Waals surface area contributed by atoms with Crippen molar-refractivity contribution in [1.82, 2.24) is 15.0 Å². The van der Waals surface area contributed by atoms with E-state index in [4.69, 9.17) is 0 Å². The largest absolute Gasteiger partial charge is 0.481 e. The van der Waals surface area contributed by atoms with Gasteiger partial charge >= 0.3 is 5.97 Å². The number of carbonyl (C=O) groups is 1. The summed E-state index contributed by atoms with van der Waals surface area (Å²) in [7, 11) is 0. The smallest absolute Gasteiger partial charge is 0.314 e. The van der Waals surface area contributed by atoms with Gasteiger partial charge in [-0.3, -0.25) is 4.79 Å². The van der Waals surface area contributed by atoms with Crippen LogP contribution in [0.3, 0.4) is 0 Å². The summed E-state index contributed by atoms with van der Waals surface area (Å²) in [4.78, 5) is 13.1. The zero-order valence-corrected chi connectivity index (χ0v) is 9.78. The number of hydrogen-bond donors (Lipinski definition) is 1. The van der Waals surface area contributed by atoms with Crippen LogP contribution < -0.4 is 0 Å². The van der Waals surface area contributed by atoms with Crippen molar-refractivity contribution in [2.45, 2.75) is 24.7 Å². The molecule has 5 heteroatoms. The van der Waals surface area contributed by atoms with Gasteiger partial charge in [0.2, 0.25) is 0 Å². The first-order chi connectivity index (χ1) is 8.74. The van der Waals surface area contributed by atoms with Crippen LogP contribution in [0, 0.1) is 0 Å². The van der Waals surface area contributed by atoms with Crippen LogP contribution in [0.15, 0.2) is 36.7 Å². The zero-order valence-electron chi connectivity index (χ0n) is 9.78. The summed E-state index contributed by atoms with van der Waals surface area (Å²) in [5, 5.41) is 17.7. The number of benzene rings is 1. The van der Waals surface area contributed by atoms with Gasteiger partial charge in [-0.05, 0) is 24.5 Å². The lowest BCUT2D eigenvalue weighted by Crippen LogP contribution is -2.43. The van der Waals surface area contributed by atoms with Crippen molar-refractivity contribution in [1.29, 1.82) is 0 Å². The van der Waals surface area contributed by atoms with Crippen molar-refractivity contribution in [3.63, 3.8) is 0 Å². The highest BCUT2D eigenvalue weighted by Gasteiger charge is 2.47. The van der Waals surface area contributed by atoms with Crippen LogP contribution in [0.25, 0.3) is 5.69 Å². The van der Waals surface area contributed by atoms with E-state index in [9.17, 15) is 9.90 Å². The van der Waals surface area contributed by atoms with Crippen molar-refractivity contribution >= 4 is 5.97 Å². The molecule has 0 saturated heterocycles. The molecule has 2 aromatic rings. The van der Waals surface area contributed by atoms with Crippen molar-refractivity contribution in [2.24, 2.45) is 0 Å². The van der Waals surface area contributed by atoms with Gasteiger partial charge in [0, 0.05) is 0 Å². The fraction of sp³-hybridized carbons (Fsp3) is 0.308. The SMILES string of the molecule is O=C(O)C1(c2ccccc2-n2nccn2)CCC1. The summed E-state index contributed by atoms with van der Waals surface area (Å²) in [5.41, 5.74) is 0.800. The molecule has 0 amide bonds. The van der Waals surface area contributed by atoms with Crippen LogP contribution in [0.4, 0.5) is 0 Å². The maximum Gasteiger partial charge on any atom is 0.314 e. The van der Waals surface area contributed by atoms with Gasteiger partial charge in [-0.25, -0.2) is 0 Å². The van der Waals surface area contributed by atoms with E-state index in [-0.39, 0.29) is 0 Å². The molecule has 18 heavy (non-hydrogen) atoms. The summed E-state index contributed by atoms with van der Waals surface area (Å²) in [6.07, 6.45) is 5.49. The Hall–Kier alpha value is -2.17. The molecule has 1 aromatic heterocycles. The Balaban J connectivity index is 2.15. The van der Waals surface area contributed by atoms with Gasteiger partial charge in [-0.15, -0.1) is 0 Å². The molecule has 0 aliphatic heterocycles. The second-order valence-corrected chi connectivity index (χ2v) is 4.58. The lowest BCUT2D eigenvalue weighted by Gasteiger charge is -2.38. The van der Waals surface area contributed by atoms with Crippen LogP contribution in [0.5, 0.6) is 0 Å². The molecule has 1 aliphatic carbocycles. The fourth-order valence-corrected chi connectivity index (χ4v) is 2.52. The molecular weight excluding hydrogens is 230 g/mol. The molecule has 1 heterocycles. The Morgan fingerprint density at radius 2 is 1.89 bits per heavy atom. The topological polar surface area (TPSA) is 68.0 Å². The minimum Gasteiger partial charge on any atom is -0.481 e. The Morgan fingerprint density at radius 1 is 1.22 bits per heavy atom. The molecule has 5 nitrogen and oxygen atoms in total. The van der Waals surface area contributed by atoms with Gasteiger partial charge in [-0.2, -0.15) is 15.0 Å². The Morgan fingerprint density at radius 3 is 2.44 bits per heavy atom. The van der Waals surface area contributed by atoms with Gasteiger partial charge in [0.25, 0.3) is 0 Å². The Bertz CT molecular complexity index is 574. The van der Waals surface area contributed by atoms with E-state index in [1.54, 1.807) is 12.4 Å². The van der Waals surface area contributed by atoms with Crippen LogP contribution in [-0.2, 0) is 10.2 Å². The van der Waals surface area contributed by atoms with E-state index in [2.05, 4.69) is 10.2 Å². The molecule has 0 atom stereocenters. The average molecular weight is 243 g/mol. The highest BCUT2D eigenvalue weighted by atomic mass is 16.4. The molecule has 3 rings (SSSR count). The van der Waals surface area contributed by atoms with Crippen molar-refractivity contribution in [3.05, 3.63) is 42.2 Å². The molecule has 1 aromatic carbocycles. The van der Waals surface area contributed by atoms with Gasteiger partial charge < -0.3 is 5.11 Å². The first-order valence-corrected chi connectivity index (χ1v) is 5.94. The number of para-hydroxylation sites is 1. The normalized spacial score (nSPS) is 17.1. The Labute approximate surface area is 104 Å². The molecule has 0 radical (unpaired) electrons. The maximum atomic E-state index is 11.6. The lowest BCUT2D eigenvalue weighted by atomic mass is 9.64. The molecule has 1 aliphatic rings. The predicted octanol–water partition coefficient (Wildman–Crippen LogP) is 1.77. The third-order valence-electron chi connectivity index (χ3n) is 3.67. The molecule has 0 bridgehead atoms. The number of nitrogens with zero attached hydrogens (tertiary/aromatic N) is 3. The number of carboxylic acids is 1. The van der Waals surface area contributed by atoms with Crippen molar-refractivity contribution in [3.8, 4) is 5.69 Å². The molecule has 0 spiro atoms. The van der Waals surface area contributed by atoms with Gasteiger partial charge in [-0.1, -0.05) is 24.6 Å². The highest BCUT2D eigenvalue weighted by Crippen LogP contribution is 2.45. The van der Waals surface area contributed by atoms with Gasteiger partial charge in [0.1, 0.15) is 0 Å². The van der Waals surface area contributed by atoms with Gasteiger partial charge in [0.05, 0.1) is 23.5 Å². The molecule has 1 N–H and O–H groups in total. The second-order valence-electron chi connectivity index (χ2n) is 4.58. The van der Waals surface area contributed by atoms with Crippen LogP contribution in [0.2, 0.25) is 0 Å². The second kappa shape index (κ2) is 3.94. The van der Waals surface area contributed by atoms with E-state index in [0.29, 0.717) is 12.8 Å². The molecule has 0 unspecified atom stereocenters. The third kappa shape index (κ3) is 1.44. The molecular formula is C13H13N3O2. The summed E-state index contributed by atoms with van der Waals surface area (Å²) in [6.45, 7) is 0. The zero-order chi connectivity index (χ0) is 12.6. The van der Waals surface area contributed by atoms with Crippen molar-refractivity contribution in [2.75, 3.05) is 0 Å². The number of aliphatic carboxylic acids is 1. The maximum absolute atomic E-state index is 11.6. The first kappa shape index (κ1) is 11.0. The number of rotatable bonds is 3. The standard InChI is InChI=1S/C13H13N3O2/c17-12(18)13(6-3-7-13)10-4-1-2-5-11(10)16-14-8-9-15-16/h1-2,4-5,8-9H,3,6-7H2,(H,17,18). The van der Waals surface area contributed by atoms with E-state index < -0.39 is 11.4 Å². The van der Waals surface area contributed by atoms with Gasteiger partial charge in [0.15, 0.2) is 0 Å². The van der Waals surface area contributed by atoms with E-state index in [1.165, 1.54) is 4.80 Å². The molecule has 92 valence electrons. The quantitative estimate of drug-likeness (QED) is 0.892. The number of hydrogen-bond acceptors (Lipinski definition) is 3. The van der Waals surface area contributed by atoms with Crippen LogP contribution in [-0.4, -0.2) is 26.1 Å². The molecule has 1 saturated carbocycles. The number of aromatic nitrogens is 3. The third-order valence-corrected chi connectivity index (χ3v) is 3.67. The number of carboxylic acid groups (broad SMARTS) is 1. The lowest BCUT2D eigenvalue weighted by molar-refractivity contribution is -0.147. The minimum atomic E-state index is -0.760.